The molecule has 6 heteroatoms. The van der Waals surface area contributed by atoms with E-state index in [1.54, 1.807) is 6.07 Å². The third-order valence-electron chi connectivity index (χ3n) is 4.50. The number of carboxylic acid groups (broad SMARTS) is 1. The second-order valence-corrected chi connectivity index (χ2v) is 6.30. The van der Waals surface area contributed by atoms with Crippen molar-refractivity contribution in [3.05, 3.63) is 70.1 Å². The molecule has 0 fully saturated rings. The van der Waals surface area contributed by atoms with E-state index in [-0.39, 0.29) is 10.6 Å². The Kier molecular flexibility index (Phi) is 3.55. The lowest BCUT2D eigenvalue weighted by Crippen LogP contribution is -2.45. The first-order valence-electron chi connectivity index (χ1n) is 7.58. The first-order chi connectivity index (χ1) is 11.6. The molecule has 0 spiro atoms. The van der Waals surface area contributed by atoms with Gasteiger partial charge in [0.2, 0.25) is 0 Å². The second kappa shape index (κ2) is 5.61. The number of nitrogens with one attached hydrogen (secondary N) is 2. The highest BCUT2D eigenvalue weighted by Gasteiger charge is 2.35. The number of benzene rings is 2. The van der Waals surface area contributed by atoms with Gasteiger partial charge in [0, 0.05) is 33.6 Å². The molecule has 122 valence electrons. The molecule has 0 saturated heterocycles. The molecule has 1 aliphatic rings. The number of para-hydroxylation sites is 1. The van der Waals surface area contributed by atoms with E-state index in [2.05, 4.69) is 10.3 Å². The van der Waals surface area contributed by atoms with Crippen LogP contribution in [0.1, 0.15) is 22.9 Å². The first-order valence-corrected chi connectivity index (χ1v) is 7.96. The number of fused-ring (bicyclic) bond motifs is 3. The van der Waals surface area contributed by atoms with Crippen molar-refractivity contribution >= 4 is 28.5 Å². The Morgan fingerprint density at radius 1 is 1.21 bits per heavy atom. The maximum atomic E-state index is 14.4. The molecule has 0 aliphatic carbocycles. The van der Waals surface area contributed by atoms with Gasteiger partial charge in [0.25, 0.3) is 0 Å². The van der Waals surface area contributed by atoms with E-state index in [9.17, 15) is 14.3 Å². The molecule has 2 aromatic carbocycles. The summed E-state index contributed by atoms with van der Waals surface area (Å²) in [5.74, 6) is -1.43. The SMILES string of the molecule is O=C(O)C1Cc2c([nH]c3ccccc23)C(c2c(F)cccc2Cl)N1. The Balaban J connectivity index is 1.96. The number of hydrogen-bond acceptors (Lipinski definition) is 2. The van der Waals surface area contributed by atoms with Gasteiger partial charge in [-0.1, -0.05) is 35.9 Å². The van der Waals surface area contributed by atoms with Crippen molar-refractivity contribution < 1.29 is 14.3 Å². The Morgan fingerprint density at radius 2 is 2.00 bits per heavy atom. The van der Waals surface area contributed by atoms with Gasteiger partial charge in [-0.15, -0.1) is 0 Å². The maximum Gasteiger partial charge on any atom is 0.321 e. The van der Waals surface area contributed by atoms with Crippen molar-refractivity contribution in [3.8, 4) is 0 Å². The Morgan fingerprint density at radius 3 is 2.75 bits per heavy atom. The molecule has 1 aliphatic heterocycles. The number of carbonyl (C=O) groups is 1. The predicted molar refractivity (Wildman–Crippen MR) is 89.8 cm³/mol. The monoisotopic (exact) mass is 344 g/mol. The topological polar surface area (TPSA) is 65.1 Å². The van der Waals surface area contributed by atoms with Crippen LogP contribution in [-0.4, -0.2) is 22.1 Å². The summed E-state index contributed by atoms with van der Waals surface area (Å²) in [6.07, 6.45) is 0.331. The third kappa shape index (κ3) is 2.28. The summed E-state index contributed by atoms with van der Waals surface area (Å²) in [5, 5.41) is 13.7. The smallest absolute Gasteiger partial charge is 0.321 e. The van der Waals surface area contributed by atoms with Crippen LogP contribution in [0.3, 0.4) is 0 Å². The van der Waals surface area contributed by atoms with Crippen LogP contribution in [0.4, 0.5) is 4.39 Å². The van der Waals surface area contributed by atoms with Crippen LogP contribution in [0.5, 0.6) is 0 Å². The van der Waals surface area contributed by atoms with Gasteiger partial charge in [-0.2, -0.15) is 0 Å². The molecule has 2 unspecified atom stereocenters. The van der Waals surface area contributed by atoms with Gasteiger partial charge in [-0.3, -0.25) is 10.1 Å². The molecule has 24 heavy (non-hydrogen) atoms. The lowest BCUT2D eigenvalue weighted by molar-refractivity contribution is -0.139. The molecule has 3 N–H and O–H groups in total. The summed E-state index contributed by atoms with van der Waals surface area (Å²) in [4.78, 5) is 14.9. The van der Waals surface area contributed by atoms with Gasteiger partial charge in [-0.25, -0.2) is 4.39 Å². The summed E-state index contributed by atoms with van der Waals surface area (Å²) in [5.41, 5.74) is 2.81. The number of aromatic nitrogens is 1. The number of halogens is 2. The van der Waals surface area contributed by atoms with Gasteiger partial charge in [0.15, 0.2) is 0 Å². The summed E-state index contributed by atoms with van der Waals surface area (Å²) in [7, 11) is 0. The van der Waals surface area contributed by atoms with E-state index in [0.29, 0.717) is 6.42 Å². The van der Waals surface area contributed by atoms with E-state index < -0.39 is 23.9 Å². The van der Waals surface area contributed by atoms with Crippen LogP contribution in [0.2, 0.25) is 5.02 Å². The molecule has 4 nitrogen and oxygen atoms in total. The zero-order valence-corrected chi connectivity index (χ0v) is 13.3. The minimum Gasteiger partial charge on any atom is -0.480 e. The Hall–Kier alpha value is -2.37. The van der Waals surface area contributed by atoms with Crippen LogP contribution in [0, 0.1) is 5.82 Å². The maximum absolute atomic E-state index is 14.4. The average Bonchev–Trinajstić information content (AvgIpc) is 2.93. The Labute approximate surface area is 142 Å². The highest BCUT2D eigenvalue weighted by atomic mass is 35.5. The van der Waals surface area contributed by atoms with Crippen LogP contribution in [0.25, 0.3) is 10.9 Å². The van der Waals surface area contributed by atoms with E-state index in [1.807, 2.05) is 24.3 Å². The lowest BCUT2D eigenvalue weighted by Gasteiger charge is -2.30. The van der Waals surface area contributed by atoms with Crippen molar-refractivity contribution in [1.82, 2.24) is 10.3 Å². The summed E-state index contributed by atoms with van der Waals surface area (Å²) in [6, 6.07) is 10.7. The van der Waals surface area contributed by atoms with Crippen molar-refractivity contribution in [2.45, 2.75) is 18.5 Å². The van der Waals surface area contributed by atoms with E-state index >= 15 is 0 Å². The van der Waals surface area contributed by atoms with E-state index in [1.165, 1.54) is 12.1 Å². The Bertz CT molecular complexity index is 933. The second-order valence-electron chi connectivity index (χ2n) is 5.89. The number of aliphatic carboxylic acids is 1. The number of H-pyrrole nitrogens is 1. The van der Waals surface area contributed by atoms with Gasteiger partial charge in [-0.05, 0) is 23.8 Å². The van der Waals surface area contributed by atoms with Crippen LogP contribution in [0.15, 0.2) is 42.5 Å². The molecule has 0 amide bonds. The zero-order valence-electron chi connectivity index (χ0n) is 12.5. The van der Waals surface area contributed by atoms with Crippen molar-refractivity contribution in [1.29, 1.82) is 0 Å². The predicted octanol–water partition coefficient (Wildman–Crippen LogP) is 3.65. The molecule has 1 aromatic heterocycles. The molecule has 4 rings (SSSR count). The summed E-state index contributed by atoms with van der Waals surface area (Å²) >= 11 is 6.21. The average molecular weight is 345 g/mol. The third-order valence-corrected chi connectivity index (χ3v) is 4.83. The molecule has 2 atom stereocenters. The summed E-state index contributed by atoms with van der Waals surface area (Å²) in [6.45, 7) is 0. The quantitative estimate of drug-likeness (QED) is 0.665. The highest BCUT2D eigenvalue weighted by molar-refractivity contribution is 6.31. The van der Waals surface area contributed by atoms with Gasteiger partial charge in [0.05, 0.1) is 6.04 Å². The molecular formula is C18H14ClFN2O2. The van der Waals surface area contributed by atoms with E-state index in [0.717, 1.165) is 22.2 Å². The van der Waals surface area contributed by atoms with E-state index in [4.69, 9.17) is 11.6 Å². The molecule has 3 aromatic rings. The van der Waals surface area contributed by atoms with Gasteiger partial charge < -0.3 is 10.1 Å². The van der Waals surface area contributed by atoms with Crippen LogP contribution < -0.4 is 5.32 Å². The molecular weight excluding hydrogens is 331 g/mol. The molecule has 0 saturated carbocycles. The lowest BCUT2D eigenvalue weighted by atomic mass is 9.90. The van der Waals surface area contributed by atoms with Crippen molar-refractivity contribution in [2.24, 2.45) is 0 Å². The minimum atomic E-state index is -0.969. The summed E-state index contributed by atoms with van der Waals surface area (Å²) < 4.78 is 14.4. The molecule has 0 bridgehead atoms. The fraction of sp³-hybridized carbons (Fsp3) is 0.167. The minimum absolute atomic E-state index is 0.262. The number of hydrogen-bond donors (Lipinski definition) is 3. The highest BCUT2D eigenvalue weighted by Crippen LogP contribution is 2.38. The normalized spacial score (nSPS) is 20.1. The first kappa shape index (κ1) is 15.2. The number of rotatable bonds is 2. The zero-order chi connectivity index (χ0) is 16.8. The fourth-order valence-corrected chi connectivity index (χ4v) is 3.68. The largest absolute Gasteiger partial charge is 0.480 e. The van der Waals surface area contributed by atoms with Crippen molar-refractivity contribution in [3.63, 3.8) is 0 Å². The fourth-order valence-electron chi connectivity index (χ4n) is 3.41. The van der Waals surface area contributed by atoms with Crippen LogP contribution >= 0.6 is 11.6 Å². The number of aromatic amines is 1. The number of carboxylic acids is 1. The standard InChI is InChI=1S/C18H14ClFN2O2/c19-11-5-3-6-12(20)15(11)17-16-10(8-14(22-17)18(23)24)9-4-1-2-7-13(9)21-16/h1-7,14,17,21-22H,8H2,(H,23,24). The van der Waals surface area contributed by atoms with Crippen molar-refractivity contribution in [2.75, 3.05) is 0 Å². The van der Waals surface area contributed by atoms with Gasteiger partial charge in [0.1, 0.15) is 11.9 Å². The van der Waals surface area contributed by atoms with Gasteiger partial charge >= 0.3 is 5.97 Å². The van der Waals surface area contributed by atoms with Crippen LogP contribution in [-0.2, 0) is 11.2 Å². The molecule has 0 radical (unpaired) electrons. The molecule has 2 heterocycles.